The van der Waals surface area contributed by atoms with E-state index in [0.717, 1.165) is 0 Å². The predicted molar refractivity (Wildman–Crippen MR) is 115 cm³/mol. The molecule has 2 aromatic carbocycles. The molecule has 6 nitrogen and oxygen atoms in total. The second-order valence-corrected chi connectivity index (χ2v) is 7.77. The zero-order chi connectivity index (χ0) is 22.4. The highest BCUT2D eigenvalue weighted by Crippen LogP contribution is 2.26. The number of carbonyl (C=O) groups excluding carboxylic acids is 2. The maximum absolute atomic E-state index is 12.7. The van der Waals surface area contributed by atoms with Crippen LogP contribution in [-0.2, 0) is 4.79 Å². The summed E-state index contributed by atoms with van der Waals surface area (Å²) in [5.41, 5.74) is 0.563. The molecule has 3 rings (SSSR count). The minimum absolute atomic E-state index is 0.106. The van der Waals surface area contributed by atoms with Crippen molar-refractivity contribution in [1.29, 1.82) is 0 Å². The maximum Gasteiger partial charge on any atom is 0.387 e. The average Bonchev–Trinajstić information content (AvgIpc) is 2.75. The van der Waals surface area contributed by atoms with E-state index in [-0.39, 0.29) is 29.5 Å². The quantitative estimate of drug-likeness (QED) is 0.650. The molecule has 31 heavy (non-hydrogen) atoms. The van der Waals surface area contributed by atoms with Gasteiger partial charge in [0.05, 0.1) is 16.3 Å². The van der Waals surface area contributed by atoms with E-state index in [9.17, 15) is 18.4 Å². The van der Waals surface area contributed by atoms with E-state index in [2.05, 4.69) is 15.0 Å². The smallest absolute Gasteiger partial charge is 0.387 e. The number of hydrogen-bond donors (Lipinski definition) is 1. The number of ether oxygens (including phenoxy) is 1. The van der Waals surface area contributed by atoms with Crippen LogP contribution in [0, 0.1) is 0 Å². The third kappa shape index (κ3) is 6.53. The molecule has 0 radical (unpaired) electrons. The van der Waals surface area contributed by atoms with E-state index >= 15 is 0 Å². The fourth-order valence-corrected chi connectivity index (χ4v) is 3.59. The number of anilines is 1. The number of carbonyl (C=O) groups is 2. The van der Waals surface area contributed by atoms with Crippen molar-refractivity contribution >= 4 is 40.7 Å². The van der Waals surface area contributed by atoms with Crippen LogP contribution in [0.25, 0.3) is 0 Å². The van der Waals surface area contributed by atoms with Crippen LogP contribution in [0.4, 0.5) is 14.5 Å². The lowest BCUT2D eigenvalue weighted by molar-refractivity contribution is -0.116. The maximum atomic E-state index is 12.7. The van der Waals surface area contributed by atoms with Crippen molar-refractivity contribution < 1.29 is 23.1 Å². The van der Waals surface area contributed by atoms with E-state index in [1.807, 2.05) is 0 Å². The molecular formula is C21H21Cl2F2N3O3. The fourth-order valence-electron chi connectivity index (χ4n) is 3.25. The van der Waals surface area contributed by atoms with Gasteiger partial charge in [-0.3, -0.25) is 14.5 Å². The number of benzene rings is 2. The summed E-state index contributed by atoms with van der Waals surface area (Å²) < 4.78 is 29.6. The minimum Gasteiger partial charge on any atom is -0.434 e. The van der Waals surface area contributed by atoms with Gasteiger partial charge in [-0.2, -0.15) is 8.78 Å². The molecule has 1 N–H and O–H groups in total. The van der Waals surface area contributed by atoms with E-state index < -0.39 is 6.61 Å². The first kappa shape index (κ1) is 23.2. The molecule has 1 heterocycles. The minimum atomic E-state index is -3.00. The fraction of sp³-hybridized carbons (Fsp3) is 0.333. The Morgan fingerprint density at radius 2 is 1.77 bits per heavy atom. The van der Waals surface area contributed by atoms with Crippen LogP contribution in [0.1, 0.15) is 16.8 Å². The van der Waals surface area contributed by atoms with E-state index in [1.54, 1.807) is 29.2 Å². The van der Waals surface area contributed by atoms with Crippen LogP contribution in [0.2, 0.25) is 10.0 Å². The standard InChI is InChI=1S/C21H21Cl2F2N3O3/c22-14-5-6-16(23)17(13-14)26-19(29)7-8-27-9-11-28(12-10-27)20(30)15-3-1-2-4-18(15)31-21(24)25/h1-6,13,21H,7-12H2,(H,26,29). The van der Waals surface area contributed by atoms with Gasteiger partial charge >= 0.3 is 6.61 Å². The largest absolute Gasteiger partial charge is 0.434 e. The van der Waals surface area contributed by atoms with Crippen molar-refractivity contribution in [3.63, 3.8) is 0 Å². The summed E-state index contributed by atoms with van der Waals surface area (Å²) in [5, 5.41) is 3.62. The van der Waals surface area contributed by atoms with Crippen LogP contribution in [0.15, 0.2) is 42.5 Å². The lowest BCUT2D eigenvalue weighted by atomic mass is 10.1. The van der Waals surface area contributed by atoms with Crippen molar-refractivity contribution in [3.05, 3.63) is 58.1 Å². The number of nitrogens with one attached hydrogen (secondary N) is 1. The third-order valence-electron chi connectivity index (χ3n) is 4.85. The lowest BCUT2D eigenvalue weighted by Crippen LogP contribution is -2.49. The Balaban J connectivity index is 1.48. The molecule has 1 fully saturated rings. The molecule has 0 saturated carbocycles. The van der Waals surface area contributed by atoms with Crippen LogP contribution in [0.3, 0.4) is 0 Å². The lowest BCUT2D eigenvalue weighted by Gasteiger charge is -2.34. The predicted octanol–water partition coefficient (Wildman–Crippen LogP) is 4.38. The third-order valence-corrected chi connectivity index (χ3v) is 5.42. The monoisotopic (exact) mass is 471 g/mol. The molecule has 2 amide bonds. The van der Waals surface area contributed by atoms with Gasteiger partial charge in [-0.05, 0) is 30.3 Å². The zero-order valence-electron chi connectivity index (χ0n) is 16.5. The van der Waals surface area contributed by atoms with Gasteiger partial charge in [0.15, 0.2) is 0 Å². The zero-order valence-corrected chi connectivity index (χ0v) is 18.0. The van der Waals surface area contributed by atoms with Gasteiger partial charge < -0.3 is 15.0 Å². The molecule has 0 spiro atoms. The number of piperazine rings is 1. The number of hydrogen-bond acceptors (Lipinski definition) is 4. The Morgan fingerprint density at radius 1 is 1.06 bits per heavy atom. The van der Waals surface area contributed by atoms with Crippen LogP contribution < -0.4 is 10.1 Å². The number of rotatable bonds is 7. The first-order valence-corrected chi connectivity index (χ1v) is 10.4. The van der Waals surface area contributed by atoms with Crippen LogP contribution in [0.5, 0.6) is 5.75 Å². The van der Waals surface area contributed by atoms with E-state index in [4.69, 9.17) is 23.2 Å². The highest BCUT2D eigenvalue weighted by Gasteiger charge is 2.25. The summed E-state index contributed by atoms with van der Waals surface area (Å²) in [4.78, 5) is 28.6. The molecule has 0 aromatic heterocycles. The van der Waals surface area contributed by atoms with E-state index in [0.29, 0.717) is 48.5 Å². The number of alkyl halides is 2. The second-order valence-electron chi connectivity index (χ2n) is 6.93. The summed E-state index contributed by atoms with van der Waals surface area (Å²) in [6.45, 7) is -0.521. The first-order valence-electron chi connectivity index (χ1n) is 9.64. The Labute approximate surface area is 188 Å². The van der Waals surface area contributed by atoms with Gasteiger partial charge in [-0.25, -0.2) is 0 Å². The number of para-hydroxylation sites is 1. The molecule has 1 aliphatic heterocycles. The van der Waals surface area contributed by atoms with Crippen LogP contribution >= 0.6 is 23.2 Å². The van der Waals surface area contributed by atoms with Gasteiger partial charge in [0.1, 0.15) is 5.75 Å². The molecule has 1 saturated heterocycles. The van der Waals surface area contributed by atoms with Crippen molar-refractivity contribution in [2.45, 2.75) is 13.0 Å². The van der Waals surface area contributed by atoms with Crippen LogP contribution in [-0.4, -0.2) is 60.9 Å². The van der Waals surface area contributed by atoms with Crippen molar-refractivity contribution in [3.8, 4) is 5.75 Å². The molecule has 166 valence electrons. The average molecular weight is 472 g/mol. The van der Waals surface area contributed by atoms with Crippen molar-refractivity contribution in [2.24, 2.45) is 0 Å². The molecule has 2 aromatic rings. The first-order chi connectivity index (χ1) is 14.8. The summed E-state index contributed by atoms with van der Waals surface area (Å²) in [5.74, 6) is -0.689. The second kappa shape index (κ2) is 10.7. The summed E-state index contributed by atoms with van der Waals surface area (Å²) >= 11 is 12.0. The summed E-state index contributed by atoms with van der Waals surface area (Å²) in [6.07, 6.45) is 0.252. The Kier molecular flexibility index (Phi) is 8.06. The Morgan fingerprint density at radius 3 is 2.48 bits per heavy atom. The van der Waals surface area contributed by atoms with Crippen molar-refractivity contribution in [2.75, 3.05) is 38.0 Å². The number of amides is 2. The van der Waals surface area contributed by atoms with Gasteiger partial charge in [0.2, 0.25) is 5.91 Å². The van der Waals surface area contributed by atoms with Gasteiger partial charge in [0.25, 0.3) is 5.91 Å². The Bertz CT molecular complexity index is 938. The van der Waals surface area contributed by atoms with Gasteiger partial charge in [0, 0.05) is 44.2 Å². The van der Waals surface area contributed by atoms with Crippen molar-refractivity contribution in [1.82, 2.24) is 9.80 Å². The summed E-state index contributed by atoms with van der Waals surface area (Å²) in [6, 6.07) is 10.8. The molecule has 0 unspecified atom stereocenters. The summed E-state index contributed by atoms with van der Waals surface area (Å²) in [7, 11) is 0. The van der Waals surface area contributed by atoms with E-state index in [1.165, 1.54) is 18.2 Å². The SMILES string of the molecule is O=C(CCN1CCN(C(=O)c2ccccc2OC(F)F)CC1)Nc1cc(Cl)ccc1Cl. The molecule has 0 bridgehead atoms. The Hall–Kier alpha value is -2.42. The number of halogens is 4. The molecule has 0 atom stereocenters. The molecule has 1 aliphatic rings. The van der Waals surface area contributed by atoms with Gasteiger partial charge in [-0.1, -0.05) is 35.3 Å². The molecular weight excluding hydrogens is 451 g/mol. The molecule has 0 aliphatic carbocycles. The molecule has 10 heteroatoms. The number of nitrogens with zero attached hydrogens (tertiary/aromatic N) is 2. The topological polar surface area (TPSA) is 61.9 Å². The van der Waals surface area contributed by atoms with Gasteiger partial charge in [-0.15, -0.1) is 0 Å². The highest BCUT2D eigenvalue weighted by molar-refractivity contribution is 6.35. The highest BCUT2D eigenvalue weighted by atomic mass is 35.5. The normalized spacial score (nSPS) is 14.5.